The summed E-state index contributed by atoms with van der Waals surface area (Å²) in [6, 6.07) is 14.9. The van der Waals surface area contributed by atoms with E-state index in [-0.39, 0.29) is 12.5 Å². The lowest BCUT2D eigenvalue weighted by Gasteiger charge is -2.21. The van der Waals surface area contributed by atoms with E-state index in [1.165, 1.54) is 4.90 Å². The molecule has 0 aliphatic heterocycles. The van der Waals surface area contributed by atoms with Gasteiger partial charge >= 0.3 is 0 Å². The fraction of sp³-hybridized carbons (Fsp3) is 0.250. The summed E-state index contributed by atoms with van der Waals surface area (Å²) < 4.78 is 10.9. The van der Waals surface area contributed by atoms with E-state index in [2.05, 4.69) is 10.1 Å². The normalized spacial score (nSPS) is 11.9. The summed E-state index contributed by atoms with van der Waals surface area (Å²) in [6.07, 6.45) is -0.700. The maximum atomic E-state index is 12.6. The van der Waals surface area contributed by atoms with Crippen LogP contribution in [0.1, 0.15) is 18.4 Å². The Balaban J connectivity index is 1.64. The van der Waals surface area contributed by atoms with Crippen LogP contribution >= 0.6 is 11.6 Å². The Kier molecular flexibility index (Phi) is 5.76. The van der Waals surface area contributed by atoms with Crippen LogP contribution in [0.4, 0.5) is 0 Å². The standard InChI is InChI=1S/C20H20ClN3O3/c1-13-7-6-8-15(11-13)19-22-18(27-23-19)12-24(3)20(25)14(2)26-17-10-5-4-9-16(17)21/h4-11,14H,12H2,1-3H3/t14-/m1/s1. The van der Waals surface area contributed by atoms with Gasteiger partial charge in [0.05, 0.1) is 11.6 Å². The molecule has 3 aromatic rings. The molecule has 1 heterocycles. The van der Waals surface area contributed by atoms with E-state index in [1.807, 2.05) is 31.2 Å². The lowest BCUT2D eigenvalue weighted by molar-refractivity contribution is -0.137. The molecule has 1 atom stereocenters. The van der Waals surface area contributed by atoms with Crippen molar-refractivity contribution in [1.82, 2.24) is 15.0 Å². The zero-order valence-corrected chi connectivity index (χ0v) is 16.1. The average molecular weight is 386 g/mol. The number of ether oxygens (including phenoxy) is 1. The third kappa shape index (κ3) is 4.65. The molecule has 0 radical (unpaired) electrons. The number of amides is 1. The molecule has 1 amide bonds. The van der Waals surface area contributed by atoms with E-state index in [4.69, 9.17) is 20.9 Å². The predicted octanol–water partition coefficient (Wildman–Crippen LogP) is 4.12. The highest BCUT2D eigenvalue weighted by molar-refractivity contribution is 6.32. The monoisotopic (exact) mass is 385 g/mol. The molecule has 27 heavy (non-hydrogen) atoms. The van der Waals surface area contributed by atoms with Crippen LogP contribution in [0.5, 0.6) is 5.75 Å². The summed E-state index contributed by atoms with van der Waals surface area (Å²) in [6.45, 7) is 3.86. The van der Waals surface area contributed by atoms with Crippen LogP contribution in [0.15, 0.2) is 53.1 Å². The van der Waals surface area contributed by atoms with Gasteiger partial charge in [0.2, 0.25) is 11.7 Å². The first-order chi connectivity index (χ1) is 12.9. The molecule has 0 unspecified atom stereocenters. The molecule has 3 rings (SSSR count). The fourth-order valence-electron chi connectivity index (χ4n) is 2.59. The second-order valence-electron chi connectivity index (χ2n) is 6.27. The molecule has 6 nitrogen and oxygen atoms in total. The molecule has 0 spiro atoms. The maximum Gasteiger partial charge on any atom is 0.263 e. The third-order valence-electron chi connectivity index (χ3n) is 3.98. The quantitative estimate of drug-likeness (QED) is 0.638. The molecule has 0 aliphatic rings. The zero-order valence-electron chi connectivity index (χ0n) is 15.3. The van der Waals surface area contributed by atoms with Crippen molar-refractivity contribution in [2.45, 2.75) is 26.5 Å². The number of hydrogen-bond donors (Lipinski definition) is 0. The smallest absolute Gasteiger partial charge is 0.263 e. The van der Waals surface area contributed by atoms with Gasteiger partial charge in [-0.25, -0.2) is 0 Å². The van der Waals surface area contributed by atoms with Crippen molar-refractivity contribution in [2.75, 3.05) is 7.05 Å². The van der Waals surface area contributed by atoms with Gasteiger partial charge in [-0.1, -0.05) is 52.7 Å². The summed E-state index contributed by atoms with van der Waals surface area (Å²) in [4.78, 5) is 18.4. The van der Waals surface area contributed by atoms with E-state index in [1.54, 1.807) is 38.2 Å². The highest BCUT2D eigenvalue weighted by Crippen LogP contribution is 2.24. The van der Waals surface area contributed by atoms with Gasteiger partial charge in [0.1, 0.15) is 5.75 Å². The number of halogens is 1. The van der Waals surface area contributed by atoms with Gasteiger partial charge in [-0.15, -0.1) is 0 Å². The Labute approximate surface area is 162 Å². The van der Waals surface area contributed by atoms with Gasteiger partial charge in [0.25, 0.3) is 5.91 Å². The van der Waals surface area contributed by atoms with Crippen LogP contribution in [-0.2, 0) is 11.3 Å². The van der Waals surface area contributed by atoms with Crippen LogP contribution in [0, 0.1) is 6.92 Å². The summed E-state index contributed by atoms with van der Waals surface area (Å²) in [7, 11) is 1.66. The second kappa shape index (κ2) is 8.22. The van der Waals surface area contributed by atoms with Crippen molar-refractivity contribution in [3.05, 3.63) is 65.0 Å². The lowest BCUT2D eigenvalue weighted by Crippen LogP contribution is -2.37. The lowest BCUT2D eigenvalue weighted by atomic mass is 10.1. The van der Waals surface area contributed by atoms with Crippen molar-refractivity contribution in [3.63, 3.8) is 0 Å². The third-order valence-corrected chi connectivity index (χ3v) is 4.29. The van der Waals surface area contributed by atoms with Crippen LogP contribution in [0.25, 0.3) is 11.4 Å². The SMILES string of the molecule is Cc1cccc(-c2noc(CN(C)C(=O)[C@@H](C)Oc3ccccc3Cl)n2)c1. The van der Waals surface area contributed by atoms with Gasteiger partial charge < -0.3 is 14.2 Å². The molecule has 0 bridgehead atoms. The number of likely N-dealkylation sites (N-methyl/N-ethyl adjacent to an activating group) is 1. The van der Waals surface area contributed by atoms with E-state index in [0.717, 1.165) is 11.1 Å². The van der Waals surface area contributed by atoms with Crippen molar-refractivity contribution in [1.29, 1.82) is 0 Å². The Morgan fingerprint density at radius 1 is 1.26 bits per heavy atom. The Morgan fingerprint density at radius 2 is 2.04 bits per heavy atom. The molecular formula is C20H20ClN3O3. The molecule has 2 aromatic carbocycles. The number of aromatic nitrogens is 2. The summed E-state index contributed by atoms with van der Waals surface area (Å²) in [5.74, 6) is 1.10. The first-order valence-corrected chi connectivity index (χ1v) is 8.87. The number of carbonyl (C=O) groups excluding carboxylic acids is 1. The number of rotatable bonds is 6. The molecule has 7 heteroatoms. The summed E-state index contributed by atoms with van der Waals surface area (Å²) in [5.41, 5.74) is 1.98. The minimum Gasteiger partial charge on any atom is -0.479 e. The highest BCUT2D eigenvalue weighted by Gasteiger charge is 2.22. The van der Waals surface area contributed by atoms with Crippen LogP contribution < -0.4 is 4.74 Å². The first-order valence-electron chi connectivity index (χ1n) is 8.50. The van der Waals surface area contributed by atoms with Gasteiger partial charge in [0.15, 0.2) is 6.10 Å². The Bertz CT molecular complexity index is 941. The molecule has 0 aliphatic carbocycles. The van der Waals surface area contributed by atoms with Crippen molar-refractivity contribution in [3.8, 4) is 17.1 Å². The van der Waals surface area contributed by atoms with Crippen LogP contribution in [-0.4, -0.2) is 34.1 Å². The van der Waals surface area contributed by atoms with Gasteiger partial charge in [-0.05, 0) is 32.0 Å². The zero-order chi connectivity index (χ0) is 19.4. The minimum absolute atomic E-state index is 0.188. The maximum absolute atomic E-state index is 12.6. The molecule has 0 saturated heterocycles. The average Bonchev–Trinajstić information content (AvgIpc) is 3.11. The molecule has 0 fully saturated rings. The molecular weight excluding hydrogens is 366 g/mol. The predicted molar refractivity (Wildman–Crippen MR) is 102 cm³/mol. The topological polar surface area (TPSA) is 68.5 Å². The summed E-state index contributed by atoms with van der Waals surface area (Å²) >= 11 is 6.07. The van der Waals surface area contributed by atoms with Gasteiger partial charge in [-0.3, -0.25) is 4.79 Å². The summed E-state index contributed by atoms with van der Waals surface area (Å²) in [5, 5.41) is 4.45. The van der Waals surface area contributed by atoms with Gasteiger partial charge in [0, 0.05) is 12.6 Å². The van der Waals surface area contributed by atoms with Crippen LogP contribution in [0.2, 0.25) is 5.02 Å². The number of benzene rings is 2. The number of aryl methyl sites for hydroxylation is 1. The second-order valence-corrected chi connectivity index (χ2v) is 6.67. The molecule has 0 N–H and O–H groups in total. The van der Waals surface area contributed by atoms with E-state index < -0.39 is 6.10 Å². The van der Waals surface area contributed by atoms with E-state index >= 15 is 0 Å². The van der Waals surface area contributed by atoms with Crippen molar-refractivity contribution < 1.29 is 14.1 Å². The Hall–Kier alpha value is -2.86. The Morgan fingerprint density at radius 3 is 2.78 bits per heavy atom. The number of para-hydroxylation sites is 1. The fourth-order valence-corrected chi connectivity index (χ4v) is 2.77. The number of nitrogens with zero attached hydrogens (tertiary/aromatic N) is 3. The number of carbonyl (C=O) groups is 1. The van der Waals surface area contributed by atoms with Crippen LogP contribution in [0.3, 0.4) is 0 Å². The van der Waals surface area contributed by atoms with E-state index in [0.29, 0.717) is 22.5 Å². The molecule has 140 valence electrons. The van der Waals surface area contributed by atoms with Crippen molar-refractivity contribution in [2.24, 2.45) is 0 Å². The molecule has 1 aromatic heterocycles. The largest absolute Gasteiger partial charge is 0.479 e. The highest BCUT2D eigenvalue weighted by atomic mass is 35.5. The molecule has 0 saturated carbocycles. The van der Waals surface area contributed by atoms with E-state index in [9.17, 15) is 4.79 Å². The van der Waals surface area contributed by atoms with Gasteiger partial charge in [-0.2, -0.15) is 4.98 Å². The first kappa shape index (κ1) is 18.9. The van der Waals surface area contributed by atoms with Crippen molar-refractivity contribution >= 4 is 17.5 Å². The number of hydrogen-bond acceptors (Lipinski definition) is 5. The minimum atomic E-state index is -0.700.